The van der Waals surface area contributed by atoms with Gasteiger partial charge in [-0.25, -0.2) is 0 Å². The van der Waals surface area contributed by atoms with Crippen molar-refractivity contribution in [3.63, 3.8) is 0 Å². The molecule has 0 saturated carbocycles. The number of likely N-dealkylation sites (tertiary alicyclic amines) is 1. The molecular weight excluding hydrogens is 300 g/mol. The summed E-state index contributed by atoms with van der Waals surface area (Å²) in [6, 6.07) is 8.47. The zero-order chi connectivity index (χ0) is 17.7. The molecule has 1 aromatic carbocycles. The molecule has 1 aliphatic heterocycles. The molecule has 4 atom stereocenters. The molecule has 0 radical (unpaired) electrons. The number of nitrogens with zero attached hydrogens (tertiary/aromatic N) is 1. The Morgan fingerprint density at radius 2 is 2.00 bits per heavy atom. The summed E-state index contributed by atoms with van der Waals surface area (Å²) in [7, 11) is 2.21. The second kappa shape index (κ2) is 8.13. The number of quaternary nitrogens is 1. The van der Waals surface area contributed by atoms with Crippen LogP contribution in [0.2, 0.25) is 0 Å². The fraction of sp³-hybridized carbons (Fsp3) is 0.650. The van der Waals surface area contributed by atoms with Gasteiger partial charge in [-0.05, 0) is 57.0 Å². The molecule has 1 aliphatic rings. The molecule has 4 heteroatoms. The van der Waals surface area contributed by atoms with Crippen molar-refractivity contribution < 1.29 is 14.7 Å². The Kier molecular flexibility index (Phi) is 6.41. The van der Waals surface area contributed by atoms with Crippen molar-refractivity contribution in [2.75, 3.05) is 20.1 Å². The number of benzene rings is 1. The third-order valence-electron chi connectivity index (χ3n) is 5.21. The van der Waals surface area contributed by atoms with E-state index in [0.29, 0.717) is 18.5 Å². The van der Waals surface area contributed by atoms with E-state index in [0.717, 1.165) is 30.7 Å². The Bertz CT molecular complexity index is 541. The van der Waals surface area contributed by atoms with Crippen LogP contribution in [0.3, 0.4) is 0 Å². The van der Waals surface area contributed by atoms with Crippen LogP contribution < -0.4 is 9.64 Å². The minimum atomic E-state index is -0.578. The fourth-order valence-corrected chi connectivity index (χ4v) is 3.46. The second-order valence-corrected chi connectivity index (χ2v) is 7.68. The Hall–Kier alpha value is -1.39. The van der Waals surface area contributed by atoms with Gasteiger partial charge in [0, 0.05) is 25.1 Å². The predicted octanol–water partition coefficient (Wildman–Crippen LogP) is 1.96. The lowest BCUT2D eigenvalue weighted by atomic mass is 9.77. The van der Waals surface area contributed by atoms with Crippen LogP contribution in [0.1, 0.15) is 46.1 Å². The van der Waals surface area contributed by atoms with Gasteiger partial charge in [-0.15, -0.1) is 0 Å². The van der Waals surface area contributed by atoms with Gasteiger partial charge in [-0.2, -0.15) is 0 Å². The van der Waals surface area contributed by atoms with Crippen LogP contribution in [-0.4, -0.2) is 49.2 Å². The van der Waals surface area contributed by atoms with Gasteiger partial charge in [0.05, 0.1) is 31.3 Å². The van der Waals surface area contributed by atoms with E-state index >= 15 is 0 Å². The largest absolute Gasteiger partial charge is 0.491 e. The van der Waals surface area contributed by atoms with Crippen LogP contribution in [-0.2, 0) is 0 Å². The minimum absolute atomic E-state index is 0.186. The minimum Gasteiger partial charge on any atom is -0.491 e. The number of piperidine rings is 1. The first-order valence-corrected chi connectivity index (χ1v) is 9.11. The van der Waals surface area contributed by atoms with Crippen LogP contribution >= 0.6 is 0 Å². The highest BCUT2D eigenvalue weighted by atomic mass is 16.5. The van der Waals surface area contributed by atoms with Gasteiger partial charge in [0.2, 0.25) is 0 Å². The van der Waals surface area contributed by atoms with E-state index in [4.69, 9.17) is 4.74 Å². The van der Waals surface area contributed by atoms with E-state index in [2.05, 4.69) is 25.9 Å². The first kappa shape index (κ1) is 18.9. The number of ether oxygens (including phenoxy) is 1. The Balaban J connectivity index is 1.85. The number of aliphatic hydroxyl groups is 1. The molecule has 0 amide bonds. The maximum atomic E-state index is 10.9. The molecule has 2 rings (SSSR count). The topological polar surface area (TPSA) is 46.3 Å². The van der Waals surface area contributed by atoms with Crippen molar-refractivity contribution in [1.29, 1.82) is 0 Å². The lowest BCUT2D eigenvalue weighted by Gasteiger charge is -2.43. The van der Waals surface area contributed by atoms with E-state index in [1.165, 1.54) is 4.90 Å². The van der Waals surface area contributed by atoms with Gasteiger partial charge in [0.25, 0.3) is 0 Å². The predicted molar refractivity (Wildman–Crippen MR) is 99.2 cm³/mol. The summed E-state index contributed by atoms with van der Waals surface area (Å²) in [6.45, 7) is 10.1. The summed E-state index contributed by atoms with van der Waals surface area (Å²) in [5, 5.41) is 10.9. The summed E-state index contributed by atoms with van der Waals surface area (Å²) >= 11 is 0. The standard InChI is InChI=1S/C20H32N2O2/c1-15(2)24-19-8-6-18(7-9-19)13-21-11-10-20(23)12-17(4)22(5)14-16(20)3/h6-9,13,15-17,23H,10-12,14H2,1-5H3/p+1/t16-,17-,20-/m1/s1. The highest BCUT2D eigenvalue weighted by Crippen LogP contribution is 2.28. The van der Waals surface area contributed by atoms with Gasteiger partial charge in [0.1, 0.15) is 5.75 Å². The monoisotopic (exact) mass is 333 g/mol. The number of hydrogen-bond donors (Lipinski definition) is 2. The molecule has 1 saturated heterocycles. The van der Waals surface area contributed by atoms with Crippen molar-refractivity contribution >= 4 is 6.21 Å². The zero-order valence-electron chi connectivity index (χ0n) is 15.7. The smallest absolute Gasteiger partial charge is 0.119 e. The Labute approximate surface area is 146 Å². The molecule has 2 N–H and O–H groups in total. The summed E-state index contributed by atoms with van der Waals surface area (Å²) in [6.07, 6.45) is 3.66. The molecule has 4 nitrogen and oxygen atoms in total. The summed E-state index contributed by atoms with van der Waals surface area (Å²) < 4.78 is 5.64. The molecular formula is C20H33N2O2+. The van der Waals surface area contributed by atoms with Crippen LogP contribution in [0.15, 0.2) is 29.3 Å². The van der Waals surface area contributed by atoms with E-state index in [1.807, 2.05) is 44.3 Å². The van der Waals surface area contributed by atoms with Crippen molar-refractivity contribution in [3.8, 4) is 5.75 Å². The van der Waals surface area contributed by atoms with Crippen LogP contribution in [0.5, 0.6) is 5.75 Å². The Morgan fingerprint density at radius 1 is 1.33 bits per heavy atom. The SMILES string of the molecule is CC(C)Oc1ccc(C=NCC[C@@]2(O)C[C@@H](C)[NH+](C)C[C@H]2C)cc1. The van der Waals surface area contributed by atoms with Gasteiger partial charge < -0.3 is 14.7 Å². The molecule has 1 unspecified atom stereocenters. The van der Waals surface area contributed by atoms with Crippen LogP contribution in [0.4, 0.5) is 0 Å². The van der Waals surface area contributed by atoms with Gasteiger partial charge in [0.15, 0.2) is 0 Å². The van der Waals surface area contributed by atoms with Crippen molar-refractivity contribution in [2.24, 2.45) is 10.9 Å². The van der Waals surface area contributed by atoms with E-state index < -0.39 is 5.60 Å². The number of hydrogen-bond acceptors (Lipinski definition) is 3. The summed E-state index contributed by atoms with van der Waals surface area (Å²) in [5.41, 5.74) is 0.484. The van der Waals surface area contributed by atoms with E-state index in [9.17, 15) is 5.11 Å². The molecule has 0 aliphatic carbocycles. The fourth-order valence-electron chi connectivity index (χ4n) is 3.46. The van der Waals surface area contributed by atoms with Crippen LogP contribution in [0, 0.1) is 5.92 Å². The van der Waals surface area contributed by atoms with E-state index in [-0.39, 0.29) is 6.10 Å². The molecule has 134 valence electrons. The normalized spacial score (nSPS) is 30.9. The quantitative estimate of drug-likeness (QED) is 0.782. The number of nitrogens with one attached hydrogen (secondary N) is 1. The molecule has 0 bridgehead atoms. The zero-order valence-corrected chi connectivity index (χ0v) is 15.7. The first-order valence-electron chi connectivity index (χ1n) is 9.11. The highest BCUT2D eigenvalue weighted by molar-refractivity contribution is 5.79. The molecule has 24 heavy (non-hydrogen) atoms. The van der Waals surface area contributed by atoms with Gasteiger partial charge in [-0.1, -0.05) is 6.92 Å². The van der Waals surface area contributed by atoms with Gasteiger partial charge in [-0.3, -0.25) is 4.99 Å². The molecule has 0 aromatic heterocycles. The van der Waals surface area contributed by atoms with Crippen molar-refractivity contribution in [2.45, 2.75) is 58.3 Å². The average Bonchev–Trinajstić information content (AvgIpc) is 2.51. The third kappa shape index (κ3) is 5.05. The van der Waals surface area contributed by atoms with E-state index in [1.54, 1.807) is 0 Å². The molecule has 0 spiro atoms. The summed E-state index contributed by atoms with van der Waals surface area (Å²) in [4.78, 5) is 6.03. The number of aliphatic imine (C=N–C) groups is 1. The van der Waals surface area contributed by atoms with Crippen molar-refractivity contribution in [3.05, 3.63) is 29.8 Å². The van der Waals surface area contributed by atoms with Crippen molar-refractivity contribution in [1.82, 2.24) is 0 Å². The molecule has 1 heterocycles. The number of rotatable bonds is 6. The van der Waals surface area contributed by atoms with Crippen LogP contribution in [0.25, 0.3) is 0 Å². The first-order chi connectivity index (χ1) is 11.3. The average molecular weight is 333 g/mol. The lowest BCUT2D eigenvalue weighted by Crippen LogP contribution is -3.15. The summed E-state index contributed by atoms with van der Waals surface area (Å²) in [5.74, 6) is 1.20. The lowest BCUT2D eigenvalue weighted by molar-refractivity contribution is -0.916. The maximum absolute atomic E-state index is 10.9. The molecule has 1 aromatic rings. The second-order valence-electron chi connectivity index (χ2n) is 7.68. The Morgan fingerprint density at radius 3 is 2.62 bits per heavy atom. The highest BCUT2D eigenvalue weighted by Gasteiger charge is 2.42. The van der Waals surface area contributed by atoms with Gasteiger partial charge >= 0.3 is 0 Å². The molecule has 1 fully saturated rings. The third-order valence-corrected chi connectivity index (χ3v) is 5.21. The maximum Gasteiger partial charge on any atom is 0.119 e.